The van der Waals surface area contributed by atoms with E-state index < -0.39 is 0 Å². The molecule has 1 aromatic heterocycles. The van der Waals surface area contributed by atoms with E-state index >= 15 is 0 Å². The first-order chi connectivity index (χ1) is 42.6. The van der Waals surface area contributed by atoms with E-state index in [-0.39, 0.29) is 49.0 Å². The number of halogens is 1. The van der Waals surface area contributed by atoms with E-state index in [2.05, 4.69) is 25.7 Å². The number of hydrogen-bond donors (Lipinski definition) is 1. The van der Waals surface area contributed by atoms with Crippen LogP contribution in [0, 0.1) is 6.92 Å². The third-order valence-electron chi connectivity index (χ3n) is 17.8. The number of ether oxygens (including phenoxy) is 4. The minimum Gasteiger partial charge on any atom is -0.497 e. The molecule has 87 heavy (non-hydrogen) atoms. The first kappa shape index (κ1) is 77.3. The Morgan fingerprint density at radius 3 is 1.43 bits per heavy atom. The van der Waals surface area contributed by atoms with Gasteiger partial charge in [-0.2, -0.15) is 0 Å². The van der Waals surface area contributed by atoms with Crippen LogP contribution in [-0.2, 0) is 35.0 Å². The van der Waals surface area contributed by atoms with Crippen LogP contribution in [0.4, 0.5) is 0 Å². The van der Waals surface area contributed by atoms with Gasteiger partial charge < -0.3 is 29.0 Å². The summed E-state index contributed by atoms with van der Waals surface area (Å²) in [5.41, 5.74) is 2.59. The van der Waals surface area contributed by atoms with Crippen LogP contribution in [0.3, 0.4) is 0 Å². The lowest BCUT2D eigenvalue weighted by Gasteiger charge is -2.32. The Hall–Kier alpha value is -3.93. The van der Waals surface area contributed by atoms with E-state index in [1.165, 1.54) is 167 Å². The Kier molecular flexibility index (Phi) is 46.0. The minimum absolute atomic E-state index is 0.0120. The van der Waals surface area contributed by atoms with E-state index in [4.69, 9.17) is 30.5 Å². The predicted molar refractivity (Wildman–Crippen MR) is 363 cm³/mol. The summed E-state index contributed by atoms with van der Waals surface area (Å²) in [5, 5.41) is 11.2. The van der Waals surface area contributed by atoms with Crippen LogP contribution < -0.4 is 4.74 Å². The molecule has 0 fully saturated rings. The van der Waals surface area contributed by atoms with Crippen LogP contribution in [0.15, 0.2) is 42.5 Å². The van der Waals surface area contributed by atoms with Crippen molar-refractivity contribution in [2.24, 2.45) is 0 Å². The van der Waals surface area contributed by atoms with Crippen LogP contribution >= 0.6 is 11.6 Å². The van der Waals surface area contributed by atoms with Gasteiger partial charge >= 0.3 is 17.9 Å². The zero-order valence-corrected chi connectivity index (χ0v) is 56.8. The quantitative estimate of drug-likeness (QED) is 0.0331. The Morgan fingerprint density at radius 1 is 0.506 bits per heavy atom. The molecule has 1 atom stereocenters. The molecule has 11 nitrogen and oxygen atoms in total. The number of methoxy groups -OCH3 is 1. The molecule has 1 unspecified atom stereocenters. The summed E-state index contributed by atoms with van der Waals surface area (Å²) < 4.78 is 25.1. The third kappa shape index (κ3) is 35.9. The fourth-order valence-electron chi connectivity index (χ4n) is 12.4. The fraction of sp³-hybridized carbons (Fsp3) is 0.760. The van der Waals surface area contributed by atoms with Crippen molar-refractivity contribution in [3.05, 3.63) is 64.3 Å². The standard InChI is InChI=1S/C75H125ClN2O9/c1-6-9-12-15-18-21-22-23-26-29-33-40-59-85-72(80)48-42-44-66(45-43-49-73(81)87-67(46-35-30-27-24-19-16-13-10-7-2)47-36-31-28-25-20-17-14-11-8-3)77(57-38-39-58-79)56-37-32-34-41-60-86-74(82)62-69-63(4)78(71-55-54-68(84-5)61-70(69)71)75(83)64-50-52-65(76)53-51-64/h50-55,61,66-67,79H,6-49,56-60,62H2,1-5H3. The molecule has 3 rings (SSSR count). The van der Waals surface area contributed by atoms with Gasteiger partial charge in [0, 0.05) is 47.2 Å². The molecule has 3 aromatic rings. The second-order valence-corrected chi connectivity index (χ2v) is 25.7. The molecular weight excluding hydrogens is 1110 g/mol. The Labute approximate surface area is 535 Å². The molecule has 0 spiro atoms. The molecule has 1 heterocycles. The number of hydrogen-bond acceptors (Lipinski definition) is 10. The summed E-state index contributed by atoms with van der Waals surface area (Å²) in [5.74, 6) is -0.119. The minimum atomic E-state index is -0.345. The number of aromatic nitrogens is 1. The highest BCUT2D eigenvalue weighted by Crippen LogP contribution is 2.32. The number of aliphatic hydroxyl groups excluding tert-OH is 1. The average Bonchev–Trinajstić information content (AvgIpc) is 1.68. The molecule has 0 aliphatic carbocycles. The summed E-state index contributed by atoms with van der Waals surface area (Å²) in [6.45, 7) is 11.3. The second kappa shape index (κ2) is 51.8. The zero-order chi connectivity index (χ0) is 62.8. The van der Waals surface area contributed by atoms with Crippen molar-refractivity contribution in [3.8, 4) is 5.75 Å². The first-order valence-corrected chi connectivity index (χ1v) is 36.3. The largest absolute Gasteiger partial charge is 0.497 e. The van der Waals surface area contributed by atoms with Crippen LogP contribution in [-0.4, -0.2) is 90.6 Å². The molecule has 0 aliphatic heterocycles. The van der Waals surface area contributed by atoms with Gasteiger partial charge in [0.25, 0.3) is 5.91 Å². The summed E-state index contributed by atoms with van der Waals surface area (Å²) >= 11 is 6.13. The van der Waals surface area contributed by atoms with E-state index in [0.717, 1.165) is 127 Å². The molecule has 0 amide bonds. The number of fused-ring (bicyclic) bond motifs is 1. The van der Waals surface area contributed by atoms with Crippen LogP contribution in [0.2, 0.25) is 5.02 Å². The Balaban J connectivity index is 1.59. The van der Waals surface area contributed by atoms with Crippen LogP contribution in [0.5, 0.6) is 5.75 Å². The van der Waals surface area contributed by atoms with E-state index in [1.54, 1.807) is 35.9 Å². The lowest BCUT2D eigenvalue weighted by molar-refractivity contribution is -0.150. The highest BCUT2D eigenvalue weighted by Gasteiger charge is 2.24. The van der Waals surface area contributed by atoms with Crippen molar-refractivity contribution in [3.63, 3.8) is 0 Å². The maximum Gasteiger partial charge on any atom is 0.310 e. The molecule has 0 saturated heterocycles. The summed E-state index contributed by atoms with van der Waals surface area (Å²) in [4.78, 5) is 56.7. The van der Waals surface area contributed by atoms with Gasteiger partial charge in [-0.15, -0.1) is 0 Å². The predicted octanol–water partition coefficient (Wildman–Crippen LogP) is 20.7. The van der Waals surface area contributed by atoms with Crippen molar-refractivity contribution < 1.29 is 43.2 Å². The SMILES string of the molecule is CCCCCCCCCCCCCCOC(=O)CCCC(CCCC(=O)OC(CCCCCCCCCCC)CCCCCCCCCCC)N(CCCCO)CCCCCCOC(=O)Cc1c(C)n(C(=O)c2ccc(Cl)cc2)c2ccc(OC)cc12. The number of aliphatic hydroxyl groups is 1. The van der Waals surface area contributed by atoms with Gasteiger partial charge in [0.15, 0.2) is 0 Å². The van der Waals surface area contributed by atoms with Gasteiger partial charge in [0.2, 0.25) is 0 Å². The molecule has 1 N–H and O–H groups in total. The summed E-state index contributed by atoms with van der Waals surface area (Å²) in [6.07, 6.45) is 49.2. The molecule has 2 aromatic carbocycles. The molecule has 0 saturated carbocycles. The number of carbonyl (C=O) groups excluding carboxylic acids is 4. The van der Waals surface area contributed by atoms with Gasteiger partial charge in [-0.3, -0.25) is 23.7 Å². The van der Waals surface area contributed by atoms with Gasteiger partial charge in [0.05, 0.1) is 32.3 Å². The molecule has 0 bridgehead atoms. The van der Waals surface area contributed by atoms with Gasteiger partial charge in [-0.05, 0) is 152 Å². The number of benzene rings is 2. The molecule has 0 aliphatic rings. The molecule has 496 valence electrons. The second-order valence-electron chi connectivity index (χ2n) is 25.3. The highest BCUT2D eigenvalue weighted by molar-refractivity contribution is 6.30. The lowest BCUT2D eigenvalue weighted by atomic mass is 9.99. The van der Waals surface area contributed by atoms with Gasteiger partial charge in [-0.1, -0.05) is 219 Å². The topological polar surface area (TPSA) is 134 Å². The number of unbranched alkanes of at least 4 members (excludes halogenated alkanes) is 31. The van der Waals surface area contributed by atoms with E-state index in [1.807, 2.05) is 25.1 Å². The third-order valence-corrected chi connectivity index (χ3v) is 18.0. The Bertz CT molecular complexity index is 2190. The van der Waals surface area contributed by atoms with Gasteiger partial charge in [0.1, 0.15) is 11.9 Å². The molecule has 0 radical (unpaired) electrons. The Morgan fingerprint density at radius 2 is 0.943 bits per heavy atom. The zero-order valence-electron chi connectivity index (χ0n) is 56.0. The van der Waals surface area contributed by atoms with Crippen molar-refractivity contribution >= 4 is 46.3 Å². The number of carbonyl (C=O) groups is 4. The maximum atomic E-state index is 13.8. The van der Waals surface area contributed by atoms with Crippen molar-refractivity contribution in [2.75, 3.05) is 40.0 Å². The first-order valence-electron chi connectivity index (χ1n) is 35.9. The van der Waals surface area contributed by atoms with Crippen molar-refractivity contribution in [1.29, 1.82) is 0 Å². The normalized spacial score (nSPS) is 12.0. The summed E-state index contributed by atoms with van der Waals surface area (Å²) in [6, 6.07) is 12.5. The smallest absolute Gasteiger partial charge is 0.310 e. The molecular formula is C75H125ClN2O9. The monoisotopic (exact) mass is 1230 g/mol. The summed E-state index contributed by atoms with van der Waals surface area (Å²) in [7, 11) is 1.60. The van der Waals surface area contributed by atoms with Crippen LogP contribution in [0.25, 0.3) is 10.9 Å². The van der Waals surface area contributed by atoms with Crippen molar-refractivity contribution in [2.45, 2.75) is 329 Å². The maximum absolute atomic E-state index is 13.8. The highest BCUT2D eigenvalue weighted by atomic mass is 35.5. The number of esters is 3. The fourth-order valence-corrected chi connectivity index (χ4v) is 12.5. The average molecular weight is 1230 g/mol. The van der Waals surface area contributed by atoms with Crippen LogP contribution in [0.1, 0.15) is 325 Å². The van der Waals surface area contributed by atoms with E-state index in [0.29, 0.717) is 53.6 Å². The van der Waals surface area contributed by atoms with E-state index in [9.17, 15) is 24.3 Å². The number of rotatable bonds is 58. The van der Waals surface area contributed by atoms with Gasteiger partial charge in [-0.25, -0.2) is 0 Å². The lowest BCUT2D eigenvalue weighted by Crippen LogP contribution is -2.37. The number of nitrogens with zero attached hydrogens (tertiary/aromatic N) is 2. The molecule has 12 heteroatoms. The van der Waals surface area contributed by atoms with Crippen molar-refractivity contribution in [1.82, 2.24) is 9.47 Å².